The van der Waals surface area contributed by atoms with Crippen LogP contribution in [0, 0.1) is 0 Å². The highest BCUT2D eigenvalue weighted by molar-refractivity contribution is 5.78. The van der Waals surface area contributed by atoms with E-state index in [9.17, 15) is 0 Å². The molecule has 0 radical (unpaired) electrons. The van der Waals surface area contributed by atoms with Crippen LogP contribution in [0.1, 0.15) is 28.7 Å². The Balaban J connectivity index is -0.000000229. The lowest BCUT2D eigenvalue weighted by Gasteiger charge is -1.83. The third-order valence-corrected chi connectivity index (χ3v) is 1.46. The second kappa shape index (κ2) is 9.78. The number of benzene rings is 1. The van der Waals surface area contributed by atoms with Gasteiger partial charge in [0.05, 0.1) is 0 Å². The minimum absolute atomic E-state index is 0. The van der Waals surface area contributed by atoms with Gasteiger partial charge in [-0.1, -0.05) is 46.9 Å². The summed E-state index contributed by atoms with van der Waals surface area (Å²) in [5.41, 5.74) is 1.21. The first-order chi connectivity index (χ1) is 5.47. The Labute approximate surface area is 86.5 Å². The van der Waals surface area contributed by atoms with E-state index in [1.54, 1.807) is 0 Å². The summed E-state index contributed by atoms with van der Waals surface area (Å²) in [4.78, 5) is 3.12. The quantitative estimate of drug-likeness (QED) is 0.637. The van der Waals surface area contributed by atoms with Crippen LogP contribution in [0.25, 0.3) is 10.9 Å². The van der Waals surface area contributed by atoms with E-state index in [0.717, 1.165) is 0 Å². The molecule has 1 aromatic carbocycles. The first-order valence-electron chi connectivity index (χ1n) is 3.99. The van der Waals surface area contributed by atoms with E-state index in [1.165, 1.54) is 10.9 Å². The number of hydrogen-bond acceptors (Lipinski definition) is 0. The van der Waals surface area contributed by atoms with Crippen molar-refractivity contribution in [2.24, 2.45) is 0 Å². The SMILES string of the molecule is C.C.CC.F.c1ccc2[nH]ccc2c1. The van der Waals surface area contributed by atoms with Crippen LogP contribution in [0.3, 0.4) is 0 Å². The van der Waals surface area contributed by atoms with Crippen molar-refractivity contribution in [3.05, 3.63) is 36.5 Å². The van der Waals surface area contributed by atoms with Crippen molar-refractivity contribution in [1.82, 2.24) is 4.98 Å². The number of para-hydroxylation sites is 1. The first kappa shape index (κ1) is 18.5. The normalized spacial score (nSPS) is 7.00. The van der Waals surface area contributed by atoms with Crippen molar-refractivity contribution >= 4 is 10.9 Å². The van der Waals surface area contributed by atoms with Crippen LogP contribution in [0.15, 0.2) is 36.5 Å². The number of aromatic nitrogens is 1. The molecule has 0 atom stereocenters. The number of nitrogens with one attached hydrogen (secondary N) is 1. The Morgan fingerprint density at radius 1 is 0.929 bits per heavy atom. The molecule has 2 heteroatoms. The average Bonchev–Trinajstić information content (AvgIpc) is 2.55. The number of halogens is 1. The molecule has 0 fully saturated rings. The van der Waals surface area contributed by atoms with Crippen LogP contribution in [0.4, 0.5) is 4.70 Å². The summed E-state index contributed by atoms with van der Waals surface area (Å²) in [5, 5.41) is 1.28. The molecule has 0 saturated heterocycles. The van der Waals surface area contributed by atoms with E-state index < -0.39 is 0 Å². The summed E-state index contributed by atoms with van der Waals surface area (Å²) in [6.07, 6.45) is 1.95. The predicted octanol–water partition coefficient (Wildman–Crippen LogP) is 4.62. The maximum atomic E-state index is 3.12. The van der Waals surface area contributed by atoms with Crippen molar-refractivity contribution in [2.75, 3.05) is 0 Å². The Morgan fingerprint density at radius 2 is 1.50 bits per heavy atom. The molecule has 2 rings (SSSR count). The molecule has 0 amide bonds. The van der Waals surface area contributed by atoms with Crippen molar-refractivity contribution < 1.29 is 4.70 Å². The summed E-state index contributed by atoms with van der Waals surface area (Å²) in [6, 6.07) is 10.3. The molecule has 82 valence electrons. The van der Waals surface area contributed by atoms with Gasteiger partial charge < -0.3 is 4.98 Å². The molecule has 0 saturated carbocycles. The first-order valence-corrected chi connectivity index (χ1v) is 3.99. The zero-order valence-corrected chi connectivity index (χ0v) is 7.37. The van der Waals surface area contributed by atoms with E-state index in [-0.39, 0.29) is 19.6 Å². The van der Waals surface area contributed by atoms with E-state index in [2.05, 4.69) is 23.2 Å². The second-order valence-electron chi connectivity index (χ2n) is 2.06. The molecule has 0 unspecified atom stereocenters. The maximum absolute atomic E-state index is 3.12. The molecule has 0 aliphatic heterocycles. The lowest BCUT2D eigenvalue weighted by molar-refractivity contribution is 1.11. The molecule has 14 heavy (non-hydrogen) atoms. The minimum Gasteiger partial charge on any atom is -0.361 e. The highest BCUT2D eigenvalue weighted by Gasteiger charge is 1.86. The van der Waals surface area contributed by atoms with Crippen LogP contribution >= 0.6 is 0 Å². The zero-order chi connectivity index (χ0) is 8.10. The highest BCUT2D eigenvalue weighted by atomic mass is 19.0. The number of hydrogen-bond donors (Lipinski definition) is 1. The van der Waals surface area contributed by atoms with E-state index in [4.69, 9.17) is 0 Å². The molecule has 1 nitrogen and oxygen atoms in total. The summed E-state index contributed by atoms with van der Waals surface area (Å²) >= 11 is 0. The van der Waals surface area contributed by atoms with Crippen molar-refractivity contribution in [2.45, 2.75) is 28.7 Å². The summed E-state index contributed by atoms with van der Waals surface area (Å²) < 4.78 is 0. The molecule has 1 heterocycles. The standard InChI is InChI=1S/C8H7N.C2H6.2CH4.FH/c1-2-4-8-7(3-1)5-6-9-8;1-2;;;/h1-6,9H;1-2H3;2*1H4;1H. The average molecular weight is 199 g/mol. The molecular weight excluding hydrogens is 177 g/mol. The molecule has 2 aromatic rings. The molecule has 0 aliphatic carbocycles. The Kier molecular flexibility index (Phi) is 12.9. The van der Waals surface area contributed by atoms with Gasteiger partial charge in [-0.05, 0) is 17.5 Å². The Hall–Kier alpha value is -1.31. The molecule has 0 aliphatic rings. The Bertz CT molecular complexity index is 284. The van der Waals surface area contributed by atoms with E-state index >= 15 is 0 Å². The van der Waals surface area contributed by atoms with Crippen LogP contribution in [0.2, 0.25) is 0 Å². The Morgan fingerprint density at radius 3 is 2.07 bits per heavy atom. The number of fused-ring (bicyclic) bond motifs is 1. The van der Waals surface area contributed by atoms with Crippen molar-refractivity contribution in [1.29, 1.82) is 0 Å². The van der Waals surface area contributed by atoms with E-state index in [1.807, 2.05) is 32.2 Å². The van der Waals surface area contributed by atoms with Gasteiger partial charge in [0.25, 0.3) is 0 Å². The van der Waals surface area contributed by atoms with Crippen LogP contribution in [-0.4, -0.2) is 4.98 Å². The summed E-state index contributed by atoms with van der Waals surface area (Å²) in [6.45, 7) is 4.00. The minimum atomic E-state index is 0. The van der Waals surface area contributed by atoms with Crippen molar-refractivity contribution in [3.63, 3.8) is 0 Å². The smallest absolute Gasteiger partial charge is 0.0453 e. The van der Waals surface area contributed by atoms with Crippen LogP contribution < -0.4 is 0 Å². The molecular formula is C12H22FN. The fourth-order valence-corrected chi connectivity index (χ4v) is 0.995. The van der Waals surface area contributed by atoms with Gasteiger partial charge in [-0.3, -0.25) is 4.70 Å². The van der Waals surface area contributed by atoms with Gasteiger partial charge in [0.15, 0.2) is 0 Å². The van der Waals surface area contributed by atoms with E-state index in [0.29, 0.717) is 0 Å². The lowest BCUT2D eigenvalue weighted by atomic mass is 10.3. The third-order valence-electron chi connectivity index (χ3n) is 1.46. The largest absolute Gasteiger partial charge is 0.361 e. The van der Waals surface area contributed by atoms with Gasteiger partial charge in [0.2, 0.25) is 0 Å². The van der Waals surface area contributed by atoms with Crippen LogP contribution in [0.5, 0.6) is 0 Å². The van der Waals surface area contributed by atoms with Gasteiger partial charge in [0.1, 0.15) is 0 Å². The predicted molar refractivity (Wildman–Crippen MR) is 65.6 cm³/mol. The molecule has 0 bridgehead atoms. The van der Waals surface area contributed by atoms with Crippen molar-refractivity contribution in [3.8, 4) is 0 Å². The molecule has 1 aromatic heterocycles. The number of aromatic amines is 1. The zero-order valence-electron chi connectivity index (χ0n) is 7.37. The van der Waals surface area contributed by atoms with Crippen LogP contribution in [-0.2, 0) is 0 Å². The lowest BCUT2D eigenvalue weighted by Crippen LogP contribution is -1.61. The number of rotatable bonds is 0. The summed E-state index contributed by atoms with van der Waals surface area (Å²) in [5.74, 6) is 0. The maximum Gasteiger partial charge on any atom is 0.0453 e. The topological polar surface area (TPSA) is 15.8 Å². The third kappa shape index (κ3) is 4.08. The monoisotopic (exact) mass is 199 g/mol. The van der Waals surface area contributed by atoms with Gasteiger partial charge in [-0.15, -0.1) is 0 Å². The summed E-state index contributed by atoms with van der Waals surface area (Å²) in [7, 11) is 0. The fraction of sp³-hybridized carbons (Fsp3) is 0.333. The molecule has 1 N–H and O–H groups in total. The van der Waals surface area contributed by atoms with Gasteiger partial charge in [-0.25, -0.2) is 0 Å². The van der Waals surface area contributed by atoms with Gasteiger partial charge in [-0.2, -0.15) is 0 Å². The molecule has 0 spiro atoms. The highest BCUT2D eigenvalue weighted by Crippen LogP contribution is 2.09. The van der Waals surface area contributed by atoms with Gasteiger partial charge >= 0.3 is 0 Å². The number of H-pyrrole nitrogens is 1. The fourth-order valence-electron chi connectivity index (χ4n) is 0.995. The second-order valence-corrected chi connectivity index (χ2v) is 2.06. The van der Waals surface area contributed by atoms with Gasteiger partial charge in [0, 0.05) is 11.7 Å².